The first-order valence-electron chi connectivity index (χ1n) is 11.7. The fourth-order valence-corrected chi connectivity index (χ4v) is 5.95. The number of aryl methyl sites for hydroxylation is 3. The number of rotatable bonds is 5. The number of thiazole rings is 1. The van der Waals surface area contributed by atoms with Crippen molar-refractivity contribution in [1.82, 2.24) is 4.98 Å². The maximum Gasteiger partial charge on any atom is 0.301 e. The van der Waals surface area contributed by atoms with Crippen molar-refractivity contribution in [3.05, 3.63) is 88.0 Å². The lowest BCUT2D eigenvalue weighted by Gasteiger charge is -2.25. The number of carbonyl (C=O) groups is 2. The monoisotopic (exact) mass is 514 g/mol. The molecule has 1 aromatic heterocycles. The summed E-state index contributed by atoms with van der Waals surface area (Å²) < 4.78 is 12.1. The van der Waals surface area contributed by atoms with Gasteiger partial charge < -0.3 is 14.6 Å². The summed E-state index contributed by atoms with van der Waals surface area (Å²) >= 11 is 1.33. The van der Waals surface area contributed by atoms with Crippen LogP contribution in [0.4, 0.5) is 5.13 Å². The molecular formula is C29H26N2O5S. The molecule has 0 radical (unpaired) electrons. The average molecular weight is 515 g/mol. The van der Waals surface area contributed by atoms with Crippen molar-refractivity contribution in [2.45, 2.75) is 26.8 Å². The second-order valence-electron chi connectivity index (χ2n) is 9.04. The third kappa shape index (κ3) is 4.03. The van der Waals surface area contributed by atoms with Crippen LogP contribution in [0.25, 0.3) is 16.0 Å². The fourth-order valence-electron chi connectivity index (χ4n) is 4.78. The number of fused-ring (bicyclic) bond motifs is 1. The van der Waals surface area contributed by atoms with E-state index in [0.717, 1.165) is 26.9 Å². The van der Waals surface area contributed by atoms with E-state index < -0.39 is 17.7 Å². The molecule has 1 aliphatic heterocycles. The van der Waals surface area contributed by atoms with Crippen molar-refractivity contribution in [2.24, 2.45) is 0 Å². The number of aliphatic hydroxyl groups excluding tert-OH is 1. The lowest BCUT2D eigenvalue weighted by atomic mass is 9.94. The van der Waals surface area contributed by atoms with E-state index in [0.29, 0.717) is 27.8 Å². The molecule has 1 aliphatic rings. The molecule has 0 saturated carbocycles. The molecular weight excluding hydrogens is 488 g/mol. The minimum atomic E-state index is -0.978. The Balaban J connectivity index is 1.80. The predicted octanol–water partition coefficient (Wildman–Crippen LogP) is 5.87. The number of nitrogens with zero attached hydrogens (tertiary/aromatic N) is 2. The van der Waals surface area contributed by atoms with Gasteiger partial charge in [-0.1, -0.05) is 59.4 Å². The van der Waals surface area contributed by atoms with Crippen molar-refractivity contribution >= 4 is 44.1 Å². The molecule has 1 saturated heterocycles. The molecule has 7 nitrogen and oxygen atoms in total. The number of methoxy groups -OCH3 is 2. The van der Waals surface area contributed by atoms with Crippen LogP contribution in [0.2, 0.25) is 0 Å². The molecule has 37 heavy (non-hydrogen) atoms. The van der Waals surface area contributed by atoms with Gasteiger partial charge in [0, 0.05) is 11.1 Å². The van der Waals surface area contributed by atoms with Crippen molar-refractivity contribution in [1.29, 1.82) is 0 Å². The standard InChI is InChI=1S/C29H26N2O5S/c1-15-9-11-18(12-10-15)25(32)22-24(19-7-6-8-20(35-4)27(19)36-5)31(28(34)26(22)33)29-30-23-17(3)13-16(2)14-21(23)37-29/h6-14,24,32H,1-5H3/t24-/m1/s1. The lowest BCUT2D eigenvalue weighted by Crippen LogP contribution is -2.29. The Morgan fingerprint density at radius 1 is 0.973 bits per heavy atom. The molecule has 0 spiro atoms. The van der Waals surface area contributed by atoms with Crippen LogP contribution < -0.4 is 14.4 Å². The number of ether oxygens (including phenoxy) is 2. The minimum absolute atomic E-state index is 0.0347. The van der Waals surface area contributed by atoms with Gasteiger partial charge in [0.2, 0.25) is 0 Å². The van der Waals surface area contributed by atoms with Gasteiger partial charge in [-0.3, -0.25) is 14.5 Å². The summed E-state index contributed by atoms with van der Waals surface area (Å²) in [5.74, 6) is -1.01. The number of aliphatic hydroxyl groups is 1. The highest BCUT2D eigenvalue weighted by atomic mass is 32.1. The van der Waals surface area contributed by atoms with Gasteiger partial charge in [-0.2, -0.15) is 0 Å². The molecule has 0 bridgehead atoms. The van der Waals surface area contributed by atoms with E-state index in [-0.39, 0.29) is 11.3 Å². The van der Waals surface area contributed by atoms with Gasteiger partial charge in [0.05, 0.1) is 30.0 Å². The van der Waals surface area contributed by atoms with E-state index in [4.69, 9.17) is 14.5 Å². The van der Waals surface area contributed by atoms with E-state index in [2.05, 4.69) is 0 Å². The van der Waals surface area contributed by atoms with Gasteiger partial charge in [0.25, 0.3) is 5.78 Å². The number of benzene rings is 3. The van der Waals surface area contributed by atoms with E-state index in [1.807, 2.05) is 45.0 Å². The predicted molar refractivity (Wildman–Crippen MR) is 145 cm³/mol. The molecule has 1 fully saturated rings. The Bertz CT molecular complexity index is 1590. The van der Waals surface area contributed by atoms with Gasteiger partial charge in [-0.05, 0) is 44.0 Å². The van der Waals surface area contributed by atoms with Crippen molar-refractivity contribution in [2.75, 3.05) is 19.1 Å². The second-order valence-corrected chi connectivity index (χ2v) is 10.1. The van der Waals surface area contributed by atoms with Crippen LogP contribution in [-0.2, 0) is 9.59 Å². The number of ketones is 1. The Kier molecular flexibility index (Phi) is 6.21. The molecule has 1 atom stereocenters. The first-order chi connectivity index (χ1) is 17.7. The number of hydrogen-bond donors (Lipinski definition) is 1. The molecule has 0 aliphatic carbocycles. The second kappa shape index (κ2) is 9.37. The van der Waals surface area contributed by atoms with Crippen LogP contribution in [0.3, 0.4) is 0 Å². The lowest BCUT2D eigenvalue weighted by molar-refractivity contribution is -0.132. The number of hydrogen-bond acceptors (Lipinski definition) is 7. The number of aromatic nitrogens is 1. The minimum Gasteiger partial charge on any atom is -0.507 e. The third-order valence-corrected chi connectivity index (χ3v) is 7.52. The van der Waals surface area contributed by atoms with Crippen LogP contribution in [-0.4, -0.2) is 36.0 Å². The first-order valence-corrected chi connectivity index (χ1v) is 12.5. The third-order valence-electron chi connectivity index (χ3n) is 6.52. The number of carbonyl (C=O) groups excluding carboxylic acids is 2. The molecule has 8 heteroatoms. The Hall–Kier alpha value is -4.17. The smallest absolute Gasteiger partial charge is 0.301 e. The quantitative estimate of drug-likeness (QED) is 0.204. The van der Waals surface area contributed by atoms with E-state index in [1.54, 1.807) is 30.3 Å². The topological polar surface area (TPSA) is 89.0 Å². The zero-order chi connectivity index (χ0) is 26.4. The van der Waals surface area contributed by atoms with Gasteiger partial charge >= 0.3 is 5.91 Å². The largest absolute Gasteiger partial charge is 0.507 e. The fraction of sp³-hybridized carbons (Fsp3) is 0.207. The summed E-state index contributed by atoms with van der Waals surface area (Å²) in [5.41, 5.74) is 4.73. The van der Waals surface area contributed by atoms with Crippen LogP contribution in [0.5, 0.6) is 11.5 Å². The summed E-state index contributed by atoms with van der Waals surface area (Å²) in [6.45, 7) is 5.90. The Morgan fingerprint density at radius 3 is 2.38 bits per heavy atom. The maximum atomic E-state index is 13.6. The van der Waals surface area contributed by atoms with Gasteiger partial charge in [-0.25, -0.2) is 4.98 Å². The van der Waals surface area contributed by atoms with Crippen LogP contribution >= 0.6 is 11.3 Å². The molecule has 3 aromatic carbocycles. The van der Waals surface area contributed by atoms with E-state index in [9.17, 15) is 14.7 Å². The number of Topliss-reactive ketones (excluding diaryl/α,β-unsaturated/α-hetero) is 1. The highest BCUT2D eigenvalue weighted by Gasteiger charge is 2.49. The van der Waals surface area contributed by atoms with E-state index in [1.165, 1.54) is 30.5 Å². The SMILES string of the molecule is COc1cccc([C@@H]2C(=C(O)c3ccc(C)cc3)C(=O)C(=O)N2c2nc3c(C)cc(C)cc3s2)c1OC. The van der Waals surface area contributed by atoms with Crippen LogP contribution in [0.1, 0.15) is 33.9 Å². The Labute approximate surface area is 218 Å². The molecule has 2 heterocycles. The van der Waals surface area contributed by atoms with Gasteiger partial charge in [-0.15, -0.1) is 0 Å². The highest BCUT2D eigenvalue weighted by Crippen LogP contribution is 2.48. The van der Waals surface area contributed by atoms with Crippen molar-refractivity contribution in [3.8, 4) is 11.5 Å². The molecule has 0 unspecified atom stereocenters. The summed E-state index contributed by atoms with van der Waals surface area (Å²) in [7, 11) is 3.01. The van der Waals surface area contributed by atoms with Crippen molar-refractivity contribution in [3.63, 3.8) is 0 Å². The van der Waals surface area contributed by atoms with Crippen molar-refractivity contribution < 1.29 is 24.2 Å². The molecule has 188 valence electrons. The molecule has 5 rings (SSSR count). The van der Waals surface area contributed by atoms with Gasteiger partial charge in [0.15, 0.2) is 16.6 Å². The summed E-state index contributed by atoms with van der Waals surface area (Å²) in [6, 6.07) is 15.4. The maximum absolute atomic E-state index is 13.6. The summed E-state index contributed by atoms with van der Waals surface area (Å²) in [5, 5.41) is 11.8. The van der Waals surface area contributed by atoms with Gasteiger partial charge in [0.1, 0.15) is 11.8 Å². The normalized spacial score (nSPS) is 17.0. The van der Waals surface area contributed by atoms with Crippen LogP contribution in [0, 0.1) is 20.8 Å². The van der Waals surface area contributed by atoms with E-state index >= 15 is 0 Å². The van der Waals surface area contributed by atoms with Crippen LogP contribution in [0.15, 0.2) is 60.2 Å². The Morgan fingerprint density at radius 2 is 1.70 bits per heavy atom. The first kappa shape index (κ1) is 24.5. The zero-order valence-corrected chi connectivity index (χ0v) is 22.0. The number of anilines is 1. The zero-order valence-electron chi connectivity index (χ0n) is 21.2. The summed E-state index contributed by atoms with van der Waals surface area (Å²) in [4.78, 5) is 33.3. The number of para-hydroxylation sites is 1. The number of amides is 1. The molecule has 4 aromatic rings. The molecule has 1 amide bonds. The summed E-state index contributed by atoms with van der Waals surface area (Å²) in [6.07, 6.45) is 0. The molecule has 1 N–H and O–H groups in total. The average Bonchev–Trinajstić information content (AvgIpc) is 3.42. The highest BCUT2D eigenvalue weighted by molar-refractivity contribution is 7.22.